The van der Waals surface area contributed by atoms with Gasteiger partial charge in [0, 0.05) is 24.4 Å². The largest absolute Gasteiger partial charge is 0.496 e. The molecule has 1 aromatic rings. The number of hydrogen-bond acceptors (Lipinski definition) is 3. The third-order valence-electron chi connectivity index (χ3n) is 2.63. The van der Waals surface area contributed by atoms with Gasteiger partial charge in [0.25, 0.3) is 0 Å². The van der Waals surface area contributed by atoms with Gasteiger partial charge in [-0.15, -0.1) is 0 Å². The molecule has 1 atom stereocenters. The Bertz CT molecular complexity index is 350. The third kappa shape index (κ3) is 2.89. The highest BCUT2D eigenvalue weighted by Crippen LogP contribution is 2.29. The smallest absolute Gasteiger partial charge is 0.126 e. The standard InChI is InChI=1S/C13H21NO2/c1-9-6-7-12(11(3)13(9)16-5)14-10(2)8-15-4/h6-7,10,14H,8H2,1-5H3. The van der Waals surface area contributed by atoms with Crippen molar-refractivity contribution in [3.05, 3.63) is 23.3 Å². The molecule has 0 aromatic heterocycles. The molecule has 1 rings (SSSR count). The van der Waals surface area contributed by atoms with E-state index in [9.17, 15) is 0 Å². The van der Waals surface area contributed by atoms with Crippen molar-refractivity contribution in [3.8, 4) is 5.75 Å². The zero-order chi connectivity index (χ0) is 12.1. The second kappa shape index (κ2) is 5.75. The molecule has 0 heterocycles. The van der Waals surface area contributed by atoms with Crippen LogP contribution in [0, 0.1) is 13.8 Å². The molecule has 1 unspecified atom stereocenters. The van der Waals surface area contributed by atoms with Gasteiger partial charge in [0.05, 0.1) is 13.7 Å². The molecule has 0 bridgehead atoms. The van der Waals surface area contributed by atoms with Crippen molar-refractivity contribution in [2.45, 2.75) is 26.8 Å². The number of rotatable bonds is 5. The van der Waals surface area contributed by atoms with E-state index in [1.807, 2.05) is 6.92 Å². The molecule has 0 aliphatic heterocycles. The van der Waals surface area contributed by atoms with Crippen molar-refractivity contribution >= 4 is 5.69 Å². The summed E-state index contributed by atoms with van der Waals surface area (Å²) in [5, 5.41) is 3.41. The van der Waals surface area contributed by atoms with E-state index in [0.29, 0.717) is 6.61 Å². The monoisotopic (exact) mass is 223 g/mol. The molecule has 0 amide bonds. The van der Waals surface area contributed by atoms with Crippen LogP contribution < -0.4 is 10.1 Å². The number of methoxy groups -OCH3 is 2. The topological polar surface area (TPSA) is 30.5 Å². The lowest BCUT2D eigenvalue weighted by molar-refractivity contribution is 0.190. The maximum absolute atomic E-state index is 5.39. The Morgan fingerprint density at radius 2 is 1.94 bits per heavy atom. The average molecular weight is 223 g/mol. The summed E-state index contributed by atoms with van der Waals surface area (Å²) in [7, 11) is 3.42. The van der Waals surface area contributed by atoms with Crippen LogP contribution in [-0.2, 0) is 4.74 Å². The normalized spacial score (nSPS) is 12.3. The van der Waals surface area contributed by atoms with Crippen molar-refractivity contribution < 1.29 is 9.47 Å². The second-order valence-corrected chi connectivity index (χ2v) is 4.09. The highest BCUT2D eigenvalue weighted by molar-refractivity contribution is 5.59. The fraction of sp³-hybridized carbons (Fsp3) is 0.538. The van der Waals surface area contributed by atoms with Crippen LogP contribution in [0.1, 0.15) is 18.1 Å². The van der Waals surface area contributed by atoms with Crippen LogP contribution in [-0.4, -0.2) is 26.9 Å². The number of benzene rings is 1. The van der Waals surface area contributed by atoms with Crippen molar-refractivity contribution in [2.75, 3.05) is 26.1 Å². The Labute approximate surface area is 97.8 Å². The molecule has 3 heteroatoms. The molecule has 1 aromatic carbocycles. The Balaban J connectivity index is 2.89. The fourth-order valence-electron chi connectivity index (χ4n) is 1.85. The Morgan fingerprint density at radius 3 is 2.50 bits per heavy atom. The van der Waals surface area contributed by atoms with Crippen LogP contribution in [0.25, 0.3) is 0 Å². The third-order valence-corrected chi connectivity index (χ3v) is 2.63. The molecule has 90 valence electrons. The first-order valence-corrected chi connectivity index (χ1v) is 5.49. The van der Waals surface area contributed by atoms with E-state index >= 15 is 0 Å². The van der Waals surface area contributed by atoms with Crippen molar-refractivity contribution in [1.82, 2.24) is 0 Å². The summed E-state index contributed by atoms with van der Waals surface area (Å²) < 4.78 is 10.5. The van der Waals surface area contributed by atoms with E-state index in [1.54, 1.807) is 14.2 Å². The van der Waals surface area contributed by atoms with E-state index in [-0.39, 0.29) is 6.04 Å². The van der Waals surface area contributed by atoms with E-state index < -0.39 is 0 Å². The molecule has 0 saturated heterocycles. The molecule has 16 heavy (non-hydrogen) atoms. The predicted octanol–water partition coefficient (Wildman–Crippen LogP) is 2.76. The molecule has 0 fully saturated rings. The van der Waals surface area contributed by atoms with Gasteiger partial charge >= 0.3 is 0 Å². The number of aryl methyl sites for hydroxylation is 1. The first-order valence-electron chi connectivity index (χ1n) is 5.49. The summed E-state index contributed by atoms with van der Waals surface area (Å²) in [6.45, 7) is 6.90. The van der Waals surface area contributed by atoms with Gasteiger partial charge in [-0.05, 0) is 32.4 Å². The summed E-state index contributed by atoms with van der Waals surface area (Å²) in [4.78, 5) is 0. The van der Waals surface area contributed by atoms with Gasteiger partial charge in [-0.25, -0.2) is 0 Å². The molecular weight excluding hydrogens is 202 g/mol. The Morgan fingerprint density at radius 1 is 1.25 bits per heavy atom. The SMILES string of the molecule is COCC(C)Nc1ccc(C)c(OC)c1C. The van der Waals surface area contributed by atoms with Gasteiger partial charge in [0.2, 0.25) is 0 Å². The van der Waals surface area contributed by atoms with E-state index in [0.717, 1.165) is 22.6 Å². The maximum Gasteiger partial charge on any atom is 0.126 e. The molecule has 3 nitrogen and oxygen atoms in total. The zero-order valence-electron chi connectivity index (χ0n) is 10.8. The first-order chi connectivity index (χ1) is 7.60. The van der Waals surface area contributed by atoms with Crippen molar-refractivity contribution in [2.24, 2.45) is 0 Å². The quantitative estimate of drug-likeness (QED) is 0.832. The van der Waals surface area contributed by atoms with Gasteiger partial charge in [0.1, 0.15) is 5.75 Å². The summed E-state index contributed by atoms with van der Waals surface area (Å²) in [5.74, 6) is 0.953. The van der Waals surface area contributed by atoms with E-state index in [1.165, 1.54) is 0 Å². The summed E-state index contributed by atoms with van der Waals surface area (Å²) in [6, 6.07) is 4.43. The fourth-order valence-corrected chi connectivity index (χ4v) is 1.85. The molecule has 0 spiro atoms. The molecule has 0 saturated carbocycles. The minimum atomic E-state index is 0.288. The first kappa shape index (κ1) is 12.8. The van der Waals surface area contributed by atoms with Crippen LogP contribution >= 0.6 is 0 Å². The van der Waals surface area contributed by atoms with Gasteiger partial charge < -0.3 is 14.8 Å². The second-order valence-electron chi connectivity index (χ2n) is 4.09. The highest BCUT2D eigenvalue weighted by atomic mass is 16.5. The lowest BCUT2D eigenvalue weighted by Gasteiger charge is -2.18. The molecule has 0 aliphatic rings. The molecule has 0 aliphatic carbocycles. The molecule has 1 N–H and O–H groups in total. The van der Waals surface area contributed by atoms with Crippen LogP contribution in [0.3, 0.4) is 0 Å². The maximum atomic E-state index is 5.39. The molecular formula is C13H21NO2. The van der Waals surface area contributed by atoms with E-state index in [2.05, 4.69) is 31.3 Å². The Hall–Kier alpha value is -1.22. The minimum Gasteiger partial charge on any atom is -0.496 e. The van der Waals surface area contributed by atoms with Crippen molar-refractivity contribution in [1.29, 1.82) is 0 Å². The van der Waals surface area contributed by atoms with Crippen LogP contribution in [0.2, 0.25) is 0 Å². The average Bonchev–Trinajstić information content (AvgIpc) is 2.23. The summed E-state index contributed by atoms with van der Waals surface area (Å²) in [5.41, 5.74) is 3.40. The molecule has 0 radical (unpaired) electrons. The number of anilines is 1. The van der Waals surface area contributed by atoms with E-state index in [4.69, 9.17) is 9.47 Å². The summed E-state index contributed by atoms with van der Waals surface area (Å²) >= 11 is 0. The Kier molecular flexibility index (Phi) is 4.62. The zero-order valence-corrected chi connectivity index (χ0v) is 10.8. The lowest BCUT2D eigenvalue weighted by atomic mass is 10.1. The number of hydrogen-bond donors (Lipinski definition) is 1. The lowest BCUT2D eigenvalue weighted by Crippen LogP contribution is -2.21. The van der Waals surface area contributed by atoms with Crippen LogP contribution in [0.5, 0.6) is 5.75 Å². The van der Waals surface area contributed by atoms with Gasteiger partial charge in [0.15, 0.2) is 0 Å². The number of ether oxygens (including phenoxy) is 2. The van der Waals surface area contributed by atoms with Crippen LogP contribution in [0.4, 0.5) is 5.69 Å². The number of nitrogens with one attached hydrogen (secondary N) is 1. The van der Waals surface area contributed by atoms with Crippen molar-refractivity contribution in [3.63, 3.8) is 0 Å². The van der Waals surface area contributed by atoms with Gasteiger partial charge in [-0.2, -0.15) is 0 Å². The van der Waals surface area contributed by atoms with Gasteiger partial charge in [-0.3, -0.25) is 0 Å². The highest BCUT2D eigenvalue weighted by Gasteiger charge is 2.09. The predicted molar refractivity (Wildman–Crippen MR) is 67.4 cm³/mol. The van der Waals surface area contributed by atoms with Crippen LogP contribution in [0.15, 0.2) is 12.1 Å². The van der Waals surface area contributed by atoms with Gasteiger partial charge in [-0.1, -0.05) is 6.07 Å². The minimum absolute atomic E-state index is 0.288. The summed E-state index contributed by atoms with van der Waals surface area (Å²) in [6.07, 6.45) is 0.